The van der Waals surface area contributed by atoms with Gasteiger partial charge in [-0.15, -0.1) is 0 Å². The van der Waals surface area contributed by atoms with Crippen LogP contribution in [0.5, 0.6) is 0 Å². The zero-order valence-electron chi connectivity index (χ0n) is 11.5. The van der Waals surface area contributed by atoms with Crippen molar-refractivity contribution in [1.82, 2.24) is 15.6 Å². The lowest BCUT2D eigenvalue weighted by Gasteiger charge is -2.28. The molecule has 1 atom stereocenters. The van der Waals surface area contributed by atoms with Crippen LogP contribution in [0.1, 0.15) is 25.3 Å². The Labute approximate surface area is 123 Å². The summed E-state index contributed by atoms with van der Waals surface area (Å²) in [6.07, 6.45) is 4.52. The van der Waals surface area contributed by atoms with Crippen molar-refractivity contribution in [2.45, 2.75) is 31.7 Å². The van der Waals surface area contributed by atoms with Gasteiger partial charge in [0.1, 0.15) is 5.15 Å². The van der Waals surface area contributed by atoms with E-state index in [9.17, 15) is 9.90 Å². The summed E-state index contributed by atoms with van der Waals surface area (Å²) in [5, 5.41) is 15.5. The van der Waals surface area contributed by atoms with E-state index >= 15 is 0 Å². The van der Waals surface area contributed by atoms with Crippen LogP contribution in [-0.2, 0) is 6.42 Å². The third-order valence-corrected chi connectivity index (χ3v) is 3.92. The quantitative estimate of drug-likeness (QED) is 0.700. The third kappa shape index (κ3) is 4.08. The Morgan fingerprint density at radius 1 is 1.55 bits per heavy atom. The molecule has 0 bridgehead atoms. The van der Waals surface area contributed by atoms with E-state index in [0.717, 1.165) is 18.4 Å². The van der Waals surface area contributed by atoms with E-state index in [1.165, 1.54) is 0 Å². The molecular formula is C14H20ClN3O2. The number of urea groups is 1. The van der Waals surface area contributed by atoms with Gasteiger partial charge in [0, 0.05) is 12.7 Å². The van der Waals surface area contributed by atoms with Crippen molar-refractivity contribution in [2.75, 3.05) is 13.2 Å². The van der Waals surface area contributed by atoms with Gasteiger partial charge in [-0.2, -0.15) is 0 Å². The van der Waals surface area contributed by atoms with Crippen LogP contribution in [0.25, 0.3) is 0 Å². The van der Waals surface area contributed by atoms with Gasteiger partial charge in [0.05, 0.1) is 12.1 Å². The number of pyridine rings is 1. The second-order valence-electron chi connectivity index (χ2n) is 5.47. The van der Waals surface area contributed by atoms with Gasteiger partial charge in [-0.3, -0.25) is 0 Å². The number of hydrogen-bond acceptors (Lipinski definition) is 3. The Balaban J connectivity index is 1.73. The molecule has 1 heterocycles. The van der Waals surface area contributed by atoms with E-state index in [-0.39, 0.29) is 12.6 Å². The molecule has 0 aromatic carbocycles. The molecule has 1 unspecified atom stereocenters. The maximum Gasteiger partial charge on any atom is 0.315 e. The van der Waals surface area contributed by atoms with Gasteiger partial charge in [-0.05, 0) is 43.7 Å². The first-order chi connectivity index (χ1) is 9.53. The summed E-state index contributed by atoms with van der Waals surface area (Å²) < 4.78 is 0. The number of carbonyl (C=O) groups is 1. The molecule has 5 nitrogen and oxygen atoms in total. The topological polar surface area (TPSA) is 74.2 Å². The Bertz CT molecular complexity index is 462. The second-order valence-corrected chi connectivity index (χ2v) is 5.86. The summed E-state index contributed by atoms with van der Waals surface area (Å²) in [5.74, 6) is 0.388. The maximum absolute atomic E-state index is 11.8. The Morgan fingerprint density at radius 2 is 2.30 bits per heavy atom. The van der Waals surface area contributed by atoms with Crippen LogP contribution >= 0.6 is 11.6 Å². The summed E-state index contributed by atoms with van der Waals surface area (Å²) in [7, 11) is 0. The molecule has 3 N–H and O–H groups in total. The molecule has 2 amide bonds. The number of aliphatic hydroxyl groups excluding tert-OH is 1. The molecule has 1 saturated carbocycles. The molecule has 1 aliphatic carbocycles. The molecule has 110 valence electrons. The Morgan fingerprint density at radius 3 is 2.85 bits per heavy atom. The van der Waals surface area contributed by atoms with Crippen LogP contribution < -0.4 is 10.6 Å². The van der Waals surface area contributed by atoms with Crippen molar-refractivity contribution >= 4 is 17.6 Å². The van der Waals surface area contributed by atoms with E-state index in [1.54, 1.807) is 12.3 Å². The van der Waals surface area contributed by atoms with Gasteiger partial charge in [0.2, 0.25) is 0 Å². The first-order valence-corrected chi connectivity index (χ1v) is 7.18. The fourth-order valence-electron chi connectivity index (χ4n) is 2.17. The normalized spacial score (nSPS) is 17.4. The molecule has 1 fully saturated rings. The van der Waals surface area contributed by atoms with E-state index in [0.29, 0.717) is 24.0 Å². The molecule has 2 rings (SSSR count). The van der Waals surface area contributed by atoms with Crippen molar-refractivity contribution in [2.24, 2.45) is 5.92 Å². The van der Waals surface area contributed by atoms with Crippen molar-refractivity contribution in [1.29, 1.82) is 0 Å². The smallest absolute Gasteiger partial charge is 0.315 e. The van der Waals surface area contributed by atoms with Crippen LogP contribution in [-0.4, -0.2) is 34.8 Å². The predicted octanol–water partition coefficient (Wildman–Crippen LogP) is 1.74. The van der Waals surface area contributed by atoms with E-state index in [1.807, 2.05) is 13.0 Å². The summed E-state index contributed by atoms with van der Waals surface area (Å²) in [6.45, 7) is 2.36. The zero-order chi connectivity index (χ0) is 14.6. The van der Waals surface area contributed by atoms with Crippen molar-refractivity contribution in [3.8, 4) is 0 Å². The first-order valence-electron chi connectivity index (χ1n) is 6.81. The lowest BCUT2D eigenvalue weighted by atomic mass is 9.97. The number of aromatic nitrogens is 1. The Hall–Kier alpha value is -1.33. The lowest BCUT2D eigenvalue weighted by molar-refractivity contribution is 0.155. The minimum absolute atomic E-state index is 0.0355. The maximum atomic E-state index is 11.8. The molecule has 1 aromatic rings. The molecule has 0 radical (unpaired) electrons. The highest BCUT2D eigenvalue weighted by molar-refractivity contribution is 6.29. The molecule has 0 spiro atoms. The van der Waals surface area contributed by atoms with Crippen LogP contribution in [0, 0.1) is 5.92 Å². The van der Waals surface area contributed by atoms with Gasteiger partial charge >= 0.3 is 6.03 Å². The summed E-state index contributed by atoms with van der Waals surface area (Å²) in [5.41, 5.74) is 0.508. The molecule has 20 heavy (non-hydrogen) atoms. The number of halogens is 1. The highest BCUT2D eigenvalue weighted by Crippen LogP contribution is 2.39. The van der Waals surface area contributed by atoms with E-state index in [4.69, 9.17) is 11.6 Å². The number of nitrogens with one attached hydrogen (secondary N) is 2. The number of nitrogens with zero attached hydrogens (tertiary/aromatic N) is 1. The van der Waals surface area contributed by atoms with Crippen LogP contribution in [0.4, 0.5) is 4.79 Å². The van der Waals surface area contributed by atoms with Crippen LogP contribution in [0.15, 0.2) is 18.3 Å². The van der Waals surface area contributed by atoms with Crippen LogP contribution in [0.3, 0.4) is 0 Å². The SMILES string of the molecule is CC(CO)(NC(=O)NCCc1ccc(Cl)nc1)C1CC1. The monoisotopic (exact) mass is 297 g/mol. The van der Waals surface area contributed by atoms with Crippen molar-refractivity contribution < 1.29 is 9.90 Å². The standard InChI is InChI=1S/C14H20ClN3O2/c1-14(9-19,11-3-4-11)18-13(20)16-7-6-10-2-5-12(15)17-8-10/h2,5,8,11,19H,3-4,6-7,9H2,1H3,(H2,16,18,20). The summed E-state index contributed by atoms with van der Waals surface area (Å²) in [4.78, 5) is 15.8. The summed E-state index contributed by atoms with van der Waals surface area (Å²) in [6, 6.07) is 3.37. The zero-order valence-corrected chi connectivity index (χ0v) is 12.3. The van der Waals surface area contributed by atoms with Gasteiger partial charge < -0.3 is 15.7 Å². The van der Waals surface area contributed by atoms with Crippen molar-refractivity contribution in [3.05, 3.63) is 29.0 Å². The van der Waals surface area contributed by atoms with E-state index < -0.39 is 5.54 Å². The van der Waals surface area contributed by atoms with Gasteiger partial charge in [0.25, 0.3) is 0 Å². The Kier molecular flexibility index (Phi) is 4.83. The summed E-state index contributed by atoms with van der Waals surface area (Å²) >= 11 is 5.71. The molecule has 0 aliphatic heterocycles. The molecule has 1 aromatic heterocycles. The third-order valence-electron chi connectivity index (χ3n) is 3.69. The largest absolute Gasteiger partial charge is 0.394 e. The van der Waals surface area contributed by atoms with E-state index in [2.05, 4.69) is 15.6 Å². The molecule has 1 aliphatic rings. The van der Waals surface area contributed by atoms with Gasteiger partial charge in [-0.25, -0.2) is 9.78 Å². The highest BCUT2D eigenvalue weighted by Gasteiger charge is 2.42. The number of carbonyl (C=O) groups excluding carboxylic acids is 1. The molecule has 6 heteroatoms. The molecular weight excluding hydrogens is 278 g/mol. The first kappa shape index (κ1) is 15.1. The minimum atomic E-state index is -0.508. The number of hydrogen-bond donors (Lipinski definition) is 3. The lowest BCUT2D eigenvalue weighted by Crippen LogP contribution is -2.54. The molecule has 0 saturated heterocycles. The number of rotatable bonds is 6. The fourth-order valence-corrected chi connectivity index (χ4v) is 2.28. The van der Waals surface area contributed by atoms with Gasteiger partial charge in [0.15, 0.2) is 0 Å². The minimum Gasteiger partial charge on any atom is -0.394 e. The predicted molar refractivity (Wildman–Crippen MR) is 77.7 cm³/mol. The highest BCUT2D eigenvalue weighted by atomic mass is 35.5. The fraction of sp³-hybridized carbons (Fsp3) is 0.571. The average molecular weight is 298 g/mol. The van der Waals surface area contributed by atoms with Crippen LogP contribution in [0.2, 0.25) is 5.15 Å². The second kappa shape index (κ2) is 6.41. The number of aliphatic hydroxyl groups is 1. The number of amides is 2. The van der Waals surface area contributed by atoms with Gasteiger partial charge in [-0.1, -0.05) is 17.7 Å². The average Bonchev–Trinajstić information content (AvgIpc) is 3.25. The van der Waals surface area contributed by atoms with Crippen molar-refractivity contribution in [3.63, 3.8) is 0 Å².